The molecule has 2 unspecified atom stereocenters. The van der Waals surface area contributed by atoms with Crippen LogP contribution >= 0.6 is 0 Å². The topological polar surface area (TPSA) is 130 Å². The highest BCUT2D eigenvalue weighted by Crippen LogP contribution is 2.33. The normalized spacial score (nSPS) is 15.4. The molecule has 7 rings (SSSR count). The lowest BCUT2D eigenvalue weighted by molar-refractivity contribution is -0.171. The second-order valence-corrected chi connectivity index (χ2v) is 14.3. The quantitative estimate of drug-likeness (QED) is 0.0811. The Hall–Kier alpha value is -6.59. The molecule has 0 saturated carbocycles. The van der Waals surface area contributed by atoms with Crippen molar-refractivity contribution in [3.63, 3.8) is 0 Å². The second kappa shape index (κ2) is 18.8. The van der Waals surface area contributed by atoms with Crippen LogP contribution in [0.5, 0.6) is 17.2 Å². The number of hydrogen-bond donors (Lipinski definition) is 1. The van der Waals surface area contributed by atoms with Crippen LogP contribution in [0.15, 0.2) is 140 Å². The number of esters is 1. The molecule has 0 amide bonds. The molecule has 1 saturated heterocycles. The largest absolute Gasteiger partial charge is 0.528 e. The molecule has 57 heavy (non-hydrogen) atoms. The Morgan fingerprint density at radius 1 is 0.667 bits per heavy atom. The molecule has 11 heteroatoms. The molecular formula is C46H45NO10. The van der Waals surface area contributed by atoms with Gasteiger partial charge in [0.15, 0.2) is 0 Å². The Bertz CT molecular complexity index is 2270. The number of rotatable bonds is 10. The van der Waals surface area contributed by atoms with Gasteiger partial charge in [-0.15, -0.1) is 5.06 Å². The van der Waals surface area contributed by atoms with E-state index in [0.29, 0.717) is 37.5 Å². The molecule has 0 spiro atoms. The summed E-state index contributed by atoms with van der Waals surface area (Å²) in [6, 6.07) is 43.6. The van der Waals surface area contributed by atoms with Crippen molar-refractivity contribution < 1.29 is 48.0 Å². The molecular weight excluding hydrogens is 727 g/mol. The van der Waals surface area contributed by atoms with Gasteiger partial charge in [-0.25, -0.2) is 14.4 Å². The Morgan fingerprint density at radius 2 is 1.23 bits per heavy atom. The third-order valence-corrected chi connectivity index (χ3v) is 8.96. The van der Waals surface area contributed by atoms with E-state index in [2.05, 4.69) is 4.74 Å². The van der Waals surface area contributed by atoms with Gasteiger partial charge in [-0.2, -0.15) is 0 Å². The fraction of sp³-hybridized carbons (Fsp3) is 0.239. The minimum absolute atomic E-state index is 0.113. The Morgan fingerprint density at radius 3 is 1.86 bits per heavy atom. The van der Waals surface area contributed by atoms with E-state index in [1.54, 1.807) is 39.0 Å². The van der Waals surface area contributed by atoms with Crippen LogP contribution in [-0.2, 0) is 14.3 Å². The molecule has 0 radical (unpaired) electrons. The van der Waals surface area contributed by atoms with Gasteiger partial charge in [-0.3, -0.25) is 0 Å². The van der Waals surface area contributed by atoms with Crippen LogP contribution in [0.2, 0.25) is 0 Å². The first-order chi connectivity index (χ1) is 27.5. The van der Waals surface area contributed by atoms with E-state index >= 15 is 0 Å². The van der Waals surface area contributed by atoms with Crippen molar-refractivity contribution in [1.82, 2.24) is 5.06 Å². The molecule has 6 aromatic rings. The zero-order valence-corrected chi connectivity index (χ0v) is 32.0. The van der Waals surface area contributed by atoms with E-state index in [4.69, 9.17) is 28.9 Å². The van der Waals surface area contributed by atoms with Gasteiger partial charge in [0.2, 0.25) is 0 Å². The van der Waals surface area contributed by atoms with Crippen LogP contribution < -0.4 is 14.2 Å². The highest BCUT2D eigenvalue weighted by molar-refractivity contribution is 5.95. The summed E-state index contributed by atoms with van der Waals surface area (Å²) in [6.07, 6.45) is -2.05. The van der Waals surface area contributed by atoms with Crippen LogP contribution in [0.4, 0.5) is 9.59 Å². The number of carbonyl (C=O) groups excluding carboxylic acids is 2. The molecule has 1 N–H and O–H groups in total. The SMILES string of the molecule is CC(C)(C)OC(=O)ON1CCC(c2ccc(OCCOc3ccccc3)cc2)C(OC(=O)c2ccc3ccccc3c2)C1.O=C(O)Oc1ccc2ccccc2c1. The Labute approximate surface area is 331 Å². The predicted molar refractivity (Wildman–Crippen MR) is 216 cm³/mol. The maximum absolute atomic E-state index is 13.3. The highest BCUT2D eigenvalue weighted by Gasteiger charge is 2.36. The van der Waals surface area contributed by atoms with E-state index in [1.807, 2.05) is 121 Å². The Kier molecular flexibility index (Phi) is 13.2. The molecule has 0 aliphatic carbocycles. The average molecular weight is 772 g/mol. The second-order valence-electron chi connectivity index (χ2n) is 14.3. The van der Waals surface area contributed by atoms with Gasteiger partial charge in [-0.1, -0.05) is 91.0 Å². The van der Waals surface area contributed by atoms with Crippen LogP contribution in [0.1, 0.15) is 49.0 Å². The zero-order chi connectivity index (χ0) is 40.2. The lowest BCUT2D eigenvalue weighted by Gasteiger charge is -2.37. The van der Waals surface area contributed by atoms with Gasteiger partial charge in [0.1, 0.15) is 42.2 Å². The number of hydroxylamine groups is 2. The van der Waals surface area contributed by atoms with Crippen LogP contribution in [0, 0.1) is 0 Å². The fourth-order valence-corrected chi connectivity index (χ4v) is 6.35. The van der Waals surface area contributed by atoms with Crippen molar-refractivity contribution in [2.24, 2.45) is 0 Å². The van der Waals surface area contributed by atoms with Gasteiger partial charge in [-0.05, 0) is 103 Å². The summed E-state index contributed by atoms with van der Waals surface area (Å²) >= 11 is 0. The minimum atomic E-state index is -1.29. The van der Waals surface area contributed by atoms with Crippen molar-refractivity contribution in [2.75, 3.05) is 26.3 Å². The van der Waals surface area contributed by atoms with Crippen molar-refractivity contribution >= 4 is 39.8 Å². The highest BCUT2D eigenvalue weighted by atomic mass is 16.8. The fourth-order valence-electron chi connectivity index (χ4n) is 6.35. The minimum Gasteiger partial charge on any atom is -0.490 e. The number of benzene rings is 6. The van der Waals surface area contributed by atoms with Crippen LogP contribution in [0.3, 0.4) is 0 Å². The van der Waals surface area contributed by atoms with E-state index in [-0.39, 0.29) is 12.5 Å². The number of nitrogens with zero attached hydrogens (tertiary/aromatic N) is 1. The maximum atomic E-state index is 13.3. The van der Waals surface area contributed by atoms with Crippen molar-refractivity contribution in [1.29, 1.82) is 0 Å². The van der Waals surface area contributed by atoms with E-state index in [0.717, 1.165) is 38.6 Å². The van der Waals surface area contributed by atoms with Gasteiger partial charge in [0, 0.05) is 12.5 Å². The summed E-state index contributed by atoms with van der Waals surface area (Å²) in [6.45, 7) is 6.83. The molecule has 2 atom stereocenters. The monoisotopic (exact) mass is 771 g/mol. The van der Waals surface area contributed by atoms with E-state index < -0.39 is 30.0 Å². The maximum Gasteiger partial charge on any atom is 0.528 e. The summed E-state index contributed by atoms with van der Waals surface area (Å²) in [5, 5.41) is 13.9. The van der Waals surface area contributed by atoms with Gasteiger partial charge in [0.05, 0.1) is 12.1 Å². The molecule has 1 aliphatic heterocycles. The molecule has 0 bridgehead atoms. The lowest BCUT2D eigenvalue weighted by Crippen LogP contribution is -2.46. The lowest BCUT2D eigenvalue weighted by atomic mass is 9.87. The van der Waals surface area contributed by atoms with E-state index in [9.17, 15) is 14.4 Å². The standard InChI is InChI=1S/C35H37NO7.C11H8O3/c1-35(2,3)42-34(38)43-36-20-19-31(26-15-17-30(18-16-26)40-22-21-39-29-11-5-4-6-12-29)32(24-36)41-33(37)28-14-13-25-9-7-8-10-27(25)23-28;12-11(13)14-10-6-5-8-3-1-2-4-9(8)7-10/h4-18,23,31-32H,19-22,24H2,1-3H3;1-7H,(H,12,13). The van der Waals surface area contributed by atoms with Crippen molar-refractivity contribution in [3.8, 4) is 17.2 Å². The molecule has 1 aliphatic rings. The summed E-state index contributed by atoms with van der Waals surface area (Å²) in [4.78, 5) is 41.5. The summed E-state index contributed by atoms with van der Waals surface area (Å²) in [5.41, 5.74) is 0.777. The third-order valence-electron chi connectivity index (χ3n) is 8.96. The number of carbonyl (C=O) groups is 3. The van der Waals surface area contributed by atoms with Gasteiger partial charge < -0.3 is 33.6 Å². The molecule has 6 aromatic carbocycles. The summed E-state index contributed by atoms with van der Waals surface area (Å²) < 4.78 is 27.5. The number of carboxylic acid groups (broad SMARTS) is 1. The number of para-hydroxylation sites is 1. The number of ether oxygens (including phenoxy) is 5. The van der Waals surface area contributed by atoms with Crippen LogP contribution in [-0.4, -0.2) is 66.5 Å². The number of hydrogen-bond acceptors (Lipinski definition) is 10. The first-order valence-corrected chi connectivity index (χ1v) is 18.6. The smallest absolute Gasteiger partial charge is 0.490 e. The molecule has 1 heterocycles. The number of piperidine rings is 1. The molecule has 294 valence electrons. The van der Waals surface area contributed by atoms with Crippen molar-refractivity contribution in [3.05, 3.63) is 151 Å². The molecule has 0 aromatic heterocycles. The first-order valence-electron chi connectivity index (χ1n) is 18.6. The predicted octanol–water partition coefficient (Wildman–Crippen LogP) is 10.1. The van der Waals surface area contributed by atoms with E-state index in [1.165, 1.54) is 5.06 Å². The van der Waals surface area contributed by atoms with Gasteiger partial charge >= 0.3 is 18.3 Å². The summed E-state index contributed by atoms with van der Waals surface area (Å²) in [7, 11) is 0. The van der Waals surface area contributed by atoms with Crippen LogP contribution in [0.25, 0.3) is 21.5 Å². The van der Waals surface area contributed by atoms with Crippen molar-refractivity contribution in [2.45, 2.75) is 44.8 Å². The zero-order valence-electron chi connectivity index (χ0n) is 32.0. The average Bonchev–Trinajstić information content (AvgIpc) is 3.19. The Balaban J connectivity index is 0.000000328. The number of fused-ring (bicyclic) bond motifs is 2. The molecule has 11 nitrogen and oxygen atoms in total. The molecule has 1 fully saturated rings. The first kappa shape index (κ1) is 40.1. The third kappa shape index (κ3) is 11.9. The van der Waals surface area contributed by atoms with Gasteiger partial charge in [0.25, 0.3) is 0 Å². The summed E-state index contributed by atoms with van der Waals surface area (Å²) in [5.74, 6) is 1.32.